The predicted octanol–water partition coefficient (Wildman–Crippen LogP) is 0.562. The summed E-state index contributed by atoms with van der Waals surface area (Å²) in [6, 6.07) is 0. The average molecular weight is 209 g/mol. The van der Waals surface area contributed by atoms with Crippen molar-refractivity contribution in [2.45, 2.75) is 37.8 Å². The van der Waals surface area contributed by atoms with Crippen LogP contribution < -0.4 is 5.73 Å². The summed E-state index contributed by atoms with van der Waals surface area (Å²) in [5, 5.41) is 8.93. The molecule has 0 bridgehead atoms. The van der Waals surface area contributed by atoms with Gasteiger partial charge in [0, 0.05) is 18.3 Å². The number of carboxylic acid groups (broad SMARTS) is 1. The quantitative estimate of drug-likeness (QED) is 0.759. The smallest absolute Gasteiger partial charge is 0.325 e. The molecule has 0 saturated heterocycles. The molecule has 5 heteroatoms. The van der Waals surface area contributed by atoms with Crippen molar-refractivity contribution >= 4 is 5.97 Å². The topological polar surface area (TPSA) is 81.1 Å². The summed E-state index contributed by atoms with van der Waals surface area (Å²) in [4.78, 5) is 15.1. The third kappa shape index (κ3) is 2.02. The van der Waals surface area contributed by atoms with Crippen LogP contribution in [0.4, 0.5) is 0 Å². The van der Waals surface area contributed by atoms with Crippen LogP contribution in [0.2, 0.25) is 0 Å². The zero-order valence-electron chi connectivity index (χ0n) is 8.68. The van der Waals surface area contributed by atoms with E-state index < -0.39 is 11.5 Å². The molecule has 1 atom stereocenters. The lowest BCUT2D eigenvalue weighted by Crippen LogP contribution is -2.48. The molecule has 0 aromatic carbocycles. The second-order valence-electron chi connectivity index (χ2n) is 4.41. The molecule has 15 heavy (non-hydrogen) atoms. The maximum Gasteiger partial charge on any atom is 0.325 e. The van der Waals surface area contributed by atoms with Crippen molar-refractivity contribution in [2.24, 2.45) is 5.73 Å². The Hall–Kier alpha value is -1.36. The number of nitrogens with zero attached hydrogens (tertiary/aromatic N) is 2. The van der Waals surface area contributed by atoms with Crippen molar-refractivity contribution in [3.05, 3.63) is 18.2 Å². The standard InChI is InChI=1S/C10H15N3O2/c1-10(11,9(14)15)6-13-5-4-12-8(13)7-2-3-7/h4-5,7H,2-3,6,11H2,1H3,(H,14,15). The Bertz CT molecular complexity index is 380. The van der Waals surface area contributed by atoms with E-state index in [0.717, 1.165) is 18.7 Å². The number of hydrogen-bond acceptors (Lipinski definition) is 3. The van der Waals surface area contributed by atoms with Crippen LogP contribution in [-0.4, -0.2) is 26.2 Å². The molecule has 82 valence electrons. The second-order valence-corrected chi connectivity index (χ2v) is 4.41. The molecular weight excluding hydrogens is 194 g/mol. The van der Waals surface area contributed by atoms with E-state index in [9.17, 15) is 4.79 Å². The van der Waals surface area contributed by atoms with Crippen LogP contribution >= 0.6 is 0 Å². The van der Waals surface area contributed by atoms with Crippen LogP contribution in [0.1, 0.15) is 31.5 Å². The molecular formula is C10H15N3O2. The van der Waals surface area contributed by atoms with Crippen molar-refractivity contribution in [3.8, 4) is 0 Å². The minimum atomic E-state index is -1.23. The Balaban J connectivity index is 2.16. The lowest BCUT2D eigenvalue weighted by molar-refractivity contribution is -0.143. The molecule has 1 aliphatic rings. The summed E-state index contributed by atoms with van der Waals surface area (Å²) < 4.78 is 1.85. The fourth-order valence-corrected chi connectivity index (χ4v) is 1.58. The summed E-state index contributed by atoms with van der Waals surface area (Å²) in [5.74, 6) is 0.482. The fourth-order valence-electron chi connectivity index (χ4n) is 1.58. The minimum absolute atomic E-state index is 0.272. The first-order valence-electron chi connectivity index (χ1n) is 5.04. The molecule has 1 aliphatic carbocycles. The average Bonchev–Trinajstić information content (AvgIpc) is 2.88. The molecule has 1 aromatic heterocycles. The van der Waals surface area contributed by atoms with Gasteiger partial charge >= 0.3 is 5.97 Å². The van der Waals surface area contributed by atoms with Gasteiger partial charge in [-0.05, 0) is 19.8 Å². The minimum Gasteiger partial charge on any atom is -0.480 e. The van der Waals surface area contributed by atoms with E-state index in [1.165, 1.54) is 6.92 Å². The van der Waals surface area contributed by atoms with E-state index in [4.69, 9.17) is 10.8 Å². The third-order valence-electron chi connectivity index (χ3n) is 2.68. The molecule has 1 fully saturated rings. The van der Waals surface area contributed by atoms with Crippen LogP contribution in [-0.2, 0) is 11.3 Å². The largest absolute Gasteiger partial charge is 0.480 e. The van der Waals surface area contributed by atoms with E-state index in [1.807, 2.05) is 4.57 Å². The van der Waals surface area contributed by atoms with Crippen molar-refractivity contribution < 1.29 is 9.90 Å². The predicted molar refractivity (Wildman–Crippen MR) is 54.4 cm³/mol. The van der Waals surface area contributed by atoms with Gasteiger partial charge in [-0.3, -0.25) is 4.79 Å². The first kappa shape index (κ1) is 10.2. The summed E-state index contributed by atoms with van der Waals surface area (Å²) in [7, 11) is 0. The maximum atomic E-state index is 10.9. The fraction of sp³-hybridized carbons (Fsp3) is 0.600. The summed E-state index contributed by atoms with van der Waals surface area (Å²) in [6.45, 7) is 1.79. The van der Waals surface area contributed by atoms with Crippen LogP contribution in [0.5, 0.6) is 0 Å². The molecule has 1 aromatic rings. The zero-order chi connectivity index (χ0) is 11.1. The Morgan fingerprint density at radius 3 is 3.00 bits per heavy atom. The van der Waals surface area contributed by atoms with Gasteiger partial charge < -0.3 is 15.4 Å². The monoisotopic (exact) mass is 209 g/mol. The highest BCUT2D eigenvalue weighted by Crippen LogP contribution is 2.39. The van der Waals surface area contributed by atoms with Crippen molar-refractivity contribution in [2.75, 3.05) is 0 Å². The molecule has 2 rings (SSSR count). The van der Waals surface area contributed by atoms with Crippen LogP contribution in [0.25, 0.3) is 0 Å². The molecule has 1 saturated carbocycles. The van der Waals surface area contributed by atoms with Gasteiger partial charge in [-0.2, -0.15) is 0 Å². The Kier molecular flexibility index (Phi) is 2.26. The van der Waals surface area contributed by atoms with Gasteiger partial charge in [-0.1, -0.05) is 0 Å². The highest BCUT2D eigenvalue weighted by atomic mass is 16.4. The van der Waals surface area contributed by atoms with Crippen molar-refractivity contribution in [1.29, 1.82) is 0 Å². The number of hydrogen-bond donors (Lipinski definition) is 2. The maximum absolute atomic E-state index is 10.9. The van der Waals surface area contributed by atoms with Gasteiger partial charge in [0.2, 0.25) is 0 Å². The summed E-state index contributed by atoms with van der Waals surface area (Å²) in [5.41, 5.74) is 4.46. The number of aliphatic carboxylic acids is 1. The molecule has 0 aliphatic heterocycles. The first-order chi connectivity index (χ1) is 7.00. The Morgan fingerprint density at radius 1 is 1.80 bits per heavy atom. The van der Waals surface area contributed by atoms with Gasteiger partial charge in [0.15, 0.2) is 0 Å². The third-order valence-corrected chi connectivity index (χ3v) is 2.68. The Morgan fingerprint density at radius 2 is 2.47 bits per heavy atom. The normalized spacial score (nSPS) is 19.9. The lowest BCUT2D eigenvalue weighted by atomic mass is 10.0. The van der Waals surface area contributed by atoms with Gasteiger partial charge in [-0.25, -0.2) is 4.98 Å². The highest BCUT2D eigenvalue weighted by Gasteiger charge is 2.32. The number of carbonyl (C=O) groups is 1. The number of nitrogens with two attached hydrogens (primary N) is 1. The van der Waals surface area contributed by atoms with Gasteiger partial charge in [-0.15, -0.1) is 0 Å². The number of carboxylic acids is 1. The second kappa shape index (κ2) is 3.34. The SMILES string of the molecule is CC(N)(Cn1ccnc1C1CC1)C(=O)O. The van der Waals surface area contributed by atoms with Crippen molar-refractivity contribution in [3.63, 3.8) is 0 Å². The van der Waals surface area contributed by atoms with E-state index >= 15 is 0 Å². The number of imidazole rings is 1. The summed E-state index contributed by atoms with van der Waals surface area (Å²) in [6.07, 6.45) is 5.78. The van der Waals surface area contributed by atoms with E-state index in [1.54, 1.807) is 12.4 Å². The van der Waals surface area contributed by atoms with Gasteiger partial charge in [0.1, 0.15) is 11.4 Å². The van der Waals surface area contributed by atoms with E-state index in [-0.39, 0.29) is 6.54 Å². The highest BCUT2D eigenvalue weighted by molar-refractivity contribution is 5.77. The lowest BCUT2D eigenvalue weighted by Gasteiger charge is -2.20. The molecule has 1 unspecified atom stereocenters. The van der Waals surface area contributed by atoms with E-state index in [0.29, 0.717) is 5.92 Å². The van der Waals surface area contributed by atoms with Crippen LogP contribution in [0.15, 0.2) is 12.4 Å². The molecule has 0 spiro atoms. The van der Waals surface area contributed by atoms with Crippen LogP contribution in [0, 0.1) is 0 Å². The van der Waals surface area contributed by atoms with Gasteiger partial charge in [0.25, 0.3) is 0 Å². The molecule has 0 radical (unpaired) electrons. The number of aromatic nitrogens is 2. The molecule has 3 N–H and O–H groups in total. The first-order valence-corrected chi connectivity index (χ1v) is 5.04. The zero-order valence-corrected chi connectivity index (χ0v) is 8.68. The van der Waals surface area contributed by atoms with E-state index in [2.05, 4.69) is 4.98 Å². The van der Waals surface area contributed by atoms with Crippen molar-refractivity contribution in [1.82, 2.24) is 9.55 Å². The van der Waals surface area contributed by atoms with Gasteiger partial charge in [0.05, 0.1) is 6.54 Å². The summed E-state index contributed by atoms with van der Waals surface area (Å²) >= 11 is 0. The molecule has 1 heterocycles. The molecule has 0 amide bonds. The molecule has 5 nitrogen and oxygen atoms in total. The van der Waals surface area contributed by atoms with Crippen LogP contribution in [0.3, 0.4) is 0 Å². The number of rotatable bonds is 4. The Labute approximate surface area is 87.9 Å².